The predicted octanol–water partition coefficient (Wildman–Crippen LogP) is 1.95. The number of nitrogens with one attached hydrogen (secondary N) is 2. The van der Waals surface area contributed by atoms with E-state index in [-0.39, 0.29) is 13.0 Å². The minimum absolute atomic E-state index is 0.0114. The maximum atomic E-state index is 11.5. The first-order chi connectivity index (χ1) is 8.90. The number of aliphatic hydroxyl groups excluding tert-OH is 1. The lowest BCUT2D eigenvalue weighted by Gasteiger charge is -2.10. The molecule has 0 bridgehead atoms. The molecule has 0 spiro atoms. The highest BCUT2D eigenvalue weighted by Gasteiger charge is 2.13. The Morgan fingerprint density at radius 1 is 1.32 bits per heavy atom. The van der Waals surface area contributed by atoms with Gasteiger partial charge in [-0.3, -0.25) is 0 Å². The molecule has 0 radical (unpaired) electrons. The molecule has 1 rings (SSSR count). The number of carboxylic acids is 1. The SMILES string of the molecule is O=C(NCCC(O)C(=O)O)Nc1cc(Cl)ccc1Cl. The summed E-state index contributed by atoms with van der Waals surface area (Å²) in [6, 6.07) is 4.03. The van der Waals surface area contributed by atoms with Gasteiger partial charge < -0.3 is 20.8 Å². The van der Waals surface area contributed by atoms with E-state index in [9.17, 15) is 9.59 Å². The number of rotatable bonds is 5. The summed E-state index contributed by atoms with van der Waals surface area (Å²) in [5, 5.41) is 23.0. The molecular weight excluding hydrogens is 295 g/mol. The summed E-state index contributed by atoms with van der Waals surface area (Å²) in [5.74, 6) is -1.33. The highest BCUT2D eigenvalue weighted by Crippen LogP contribution is 2.25. The zero-order chi connectivity index (χ0) is 14.4. The molecular formula is C11H12Cl2N2O4. The summed E-state index contributed by atoms with van der Waals surface area (Å²) >= 11 is 11.6. The number of aliphatic carboxylic acids is 1. The average Bonchev–Trinajstić information content (AvgIpc) is 2.33. The lowest BCUT2D eigenvalue weighted by Crippen LogP contribution is -2.33. The van der Waals surface area contributed by atoms with E-state index < -0.39 is 18.1 Å². The van der Waals surface area contributed by atoms with E-state index in [0.29, 0.717) is 15.7 Å². The van der Waals surface area contributed by atoms with Gasteiger partial charge in [0.1, 0.15) is 0 Å². The monoisotopic (exact) mass is 306 g/mol. The predicted molar refractivity (Wildman–Crippen MR) is 71.7 cm³/mol. The Labute approximate surface area is 119 Å². The average molecular weight is 307 g/mol. The Bertz CT molecular complexity index is 482. The Kier molecular flexibility index (Phi) is 5.88. The second-order valence-electron chi connectivity index (χ2n) is 3.65. The van der Waals surface area contributed by atoms with Crippen LogP contribution in [0.25, 0.3) is 0 Å². The molecule has 0 saturated carbocycles. The fraction of sp³-hybridized carbons (Fsp3) is 0.273. The lowest BCUT2D eigenvalue weighted by atomic mass is 10.2. The number of benzene rings is 1. The van der Waals surface area contributed by atoms with E-state index >= 15 is 0 Å². The lowest BCUT2D eigenvalue weighted by molar-refractivity contribution is -0.146. The minimum Gasteiger partial charge on any atom is -0.479 e. The Hall–Kier alpha value is -1.50. The quantitative estimate of drug-likeness (QED) is 0.668. The van der Waals surface area contributed by atoms with E-state index in [0.717, 1.165) is 0 Å². The molecule has 0 heterocycles. The number of carboxylic acid groups (broad SMARTS) is 1. The van der Waals surface area contributed by atoms with Crippen molar-refractivity contribution in [1.29, 1.82) is 0 Å². The number of urea groups is 1. The second kappa shape index (κ2) is 7.18. The van der Waals surface area contributed by atoms with Crippen molar-refractivity contribution in [3.8, 4) is 0 Å². The van der Waals surface area contributed by atoms with Crippen LogP contribution in [0.5, 0.6) is 0 Å². The molecule has 0 aliphatic carbocycles. The van der Waals surface area contributed by atoms with Gasteiger partial charge in [0.2, 0.25) is 0 Å². The number of carbonyl (C=O) groups is 2. The van der Waals surface area contributed by atoms with Gasteiger partial charge in [-0.15, -0.1) is 0 Å². The molecule has 6 nitrogen and oxygen atoms in total. The van der Waals surface area contributed by atoms with Crippen LogP contribution in [0.3, 0.4) is 0 Å². The third-order valence-corrected chi connectivity index (χ3v) is 2.73. The van der Waals surface area contributed by atoms with Crippen molar-refractivity contribution >= 4 is 40.9 Å². The van der Waals surface area contributed by atoms with Crippen molar-refractivity contribution in [1.82, 2.24) is 5.32 Å². The smallest absolute Gasteiger partial charge is 0.332 e. The molecule has 1 aromatic rings. The van der Waals surface area contributed by atoms with Crippen molar-refractivity contribution in [3.05, 3.63) is 28.2 Å². The highest BCUT2D eigenvalue weighted by atomic mass is 35.5. The third kappa shape index (κ3) is 5.34. The van der Waals surface area contributed by atoms with Gasteiger partial charge in [-0.1, -0.05) is 23.2 Å². The standard InChI is InChI=1S/C11H12Cl2N2O4/c12-6-1-2-7(13)8(5-6)15-11(19)14-4-3-9(16)10(17)18/h1-2,5,9,16H,3-4H2,(H,17,18)(H2,14,15,19). The van der Waals surface area contributed by atoms with Crippen molar-refractivity contribution in [2.24, 2.45) is 0 Å². The van der Waals surface area contributed by atoms with Crippen LogP contribution >= 0.6 is 23.2 Å². The number of hydrogen-bond acceptors (Lipinski definition) is 3. The minimum atomic E-state index is -1.50. The topological polar surface area (TPSA) is 98.7 Å². The summed E-state index contributed by atoms with van der Waals surface area (Å²) in [6.07, 6.45) is -1.60. The molecule has 104 valence electrons. The van der Waals surface area contributed by atoms with Crippen LogP contribution in [0.4, 0.5) is 10.5 Å². The molecule has 0 aliphatic rings. The maximum Gasteiger partial charge on any atom is 0.332 e. The number of aliphatic hydroxyl groups is 1. The summed E-state index contributed by atoms with van der Waals surface area (Å²) in [4.78, 5) is 21.8. The summed E-state index contributed by atoms with van der Waals surface area (Å²) in [7, 11) is 0. The van der Waals surface area contributed by atoms with Gasteiger partial charge in [0.15, 0.2) is 6.10 Å². The zero-order valence-electron chi connectivity index (χ0n) is 9.69. The van der Waals surface area contributed by atoms with Crippen LogP contribution < -0.4 is 10.6 Å². The first kappa shape index (κ1) is 15.6. The van der Waals surface area contributed by atoms with Crippen molar-refractivity contribution < 1.29 is 19.8 Å². The van der Waals surface area contributed by atoms with Gasteiger partial charge >= 0.3 is 12.0 Å². The van der Waals surface area contributed by atoms with Gasteiger partial charge in [0.25, 0.3) is 0 Å². The molecule has 1 aromatic carbocycles. The Morgan fingerprint density at radius 2 is 2.00 bits per heavy atom. The third-order valence-electron chi connectivity index (χ3n) is 2.16. The van der Waals surface area contributed by atoms with Gasteiger partial charge in [-0.2, -0.15) is 0 Å². The molecule has 1 unspecified atom stereocenters. The number of amides is 2. The molecule has 2 amide bonds. The van der Waals surface area contributed by atoms with Crippen molar-refractivity contribution in [2.75, 3.05) is 11.9 Å². The molecule has 19 heavy (non-hydrogen) atoms. The van der Waals surface area contributed by atoms with E-state index in [1.165, 1.54) is 12.1 Å². The maximum absolute atomic E-state index is 11.5. The first-order valence-corrected chi connectivity index (χ1v) is 6.06. The van der Waals surface area contributed by atoms with Gasteiger partial charge in [0.05, 0.1) is 10.7 Å². The first-order valence-electron chi connectivity index (χ1n) is 5.31. The van der Waals surface area contributed by atoms with Gasteiger partial charge in [-0.25, -0.2) is 9.59 Å². The molecule has 0 fully saturated rings. The normalized spacial score (nSPS) is 11.7. The fourth-order valence-electron chi connectivity index (χ4n) is 1.21. The number of carbonyl (C=O) groups excluding carboxylic acids is 1. The summed E-state index contributed by atoms with van der Waals surface area (Å²) < 4.78 is 0. The second-order valence-corrected chi connectivity index (χ2v) is 4.49. The van der Waals surface area contributed by atoms with E-state index in [1.807, 2.05) is 0 Å². The van der Waals surface area contributed by atoms with E-state index in [4.69, 9.17) is 33.4 Å². The van der Waals surface area contributed by atoms with E-state index in [2.05, 4.69) is 10.6 Å². The van der Waals surface area contributed by atoms with Crippen LogP contribution in [0.1, 0.15) is 6.42 Å². The number of halogens is 2. The molecule has 8 heteroatoms. The number of hydrogen-bond donors (Lipinski definition) is 4. The fourth-order valence-corrected chi connectivity index (χ4v) is 1.54. The molecule has 4 N–H and O–H groups in total. The van der Waals surface area contributed by atoms with E-state index in [1.54, 1.807) is 6.07 Å². The van der Waals surface area contributed by atoms with Crippen LogP contribution in [0.15, 0.2) is 18.2 Å². The molecule has 0 aromatic heterocycles. The molecule has 0 aliphatic heterocycles. The van der Waals surface area contributed by atoms with Crippen LogP contribution in [-0.2, 0) is 4.79 Å². The Balaban J connectivity index is 2.43. The van der Waals surface area contributed by atoms with Gasteiger partial charge in [0, 0.05) is 18.0 Å². The molecule has 0 saturated heterocycles. The van der Waals surface area contributed by atoms with Crippen molar-refractivity contribution in [2.45, 2.75) is 12.5 Å². The Morgan fingerprint density at radius 3 is 2.63 bits per heavy atom. The largest absolute Gasteiger partial charge is 0.479 e. The van der Waals surface area contributed by atoms with Crippen LogP contribution in [0, 0.1) is 0 Å². The summed E-state index contributed by atoms with van der Waals surface area (Å²) in [6.45, 7) is 0.0114. The highest BCUT2D eigenvalue weighted by molar-refractivity contribution is 6.35. The summed E-state index contributed by atoms with van der Waals surface area (Å²) in [5.41, 5.74) is 0.338. The van der Waals surface area contributed by atoms with Crippen molar-refractivity contribution in [3.63, 3.8) is 0 Å². The zero-order valence-corrected chi connectivity index (χ0v) is 11.2. The van der Waals surface area contributed by atoms with Crippen LogP contribution in [-0.4, -0.2) is 34.9 Å². The number of anilines is 1. The molecule has 1 atom stereocenters. The van der Waals surface area contributed by atoms with Crippen LogP contribution in [0.2, 0.25) is 10.0 Å². The van der Waals surface area contributed by atoms with Gasteiger partial charge in [-0.05, 0) is 18.2 Å².